The summed E-state index contributed by atoms with van der Waals surface area (Å²) in [5.41, 5.74) is 0. The van der Waals surface area contributed by atoms with E-state index in [9.17, 15) is 9.59 Å². The van der Waals surface area contributed by atoms with Crippen LogP contribution in [0.25, 0.3) is 0 Å². The van der Waals surface area contributed by atoms with Gasteiger partial charge in [-0.05, 0) is 25.1 Å². The third kappa shape index (κ3) is 4.57. The number of methoxy groups -OCH3 is 1. The third-order valence-electron chi connectivity index (χ3n) is 3.63. The van der Waals surface area contributed by atoms with Crippen LogP contribution in [0.2, 0.25) is 0 Å². The fraction of sp³-hybridized carbons (Fsp3) is 0.600. The van der Waals surface area contributed by atoms with Crippen LogP contribution in [0.4, 0.5) is 0 Å². The maximum absolute atomic E-state index is 12.1. The molecule has 122 valence electrons. The molecule has 0 aliphatic carbocycles. The molecule has 0 aromatic carbocycles. The SMILES string of the molecule is COCCCNCC(=O)N1CCN(C(=O)c2ccco2)CC1. The number of carbonyl (C=O) groups is 2. The molecule has 0 atom stereocenters. The summed E-state index contributed by atoms with van der Waals surface area (Å²) in [5.74, 6) is 0.303. The lowest BCUT2D eigenvalue weighted by Crippen LogP contribution is -2.52. The fourth-order valence-electron chi connectivity index (χ4n) is 2.36. The third-order valence-corrected chi connectivity index (χ3v) is 3.63. The molecule has 0 saturated carbocycles. The van der Waals surface area contributed by atoms with Gasteiger partial charge >= 0.3 is 0 Å². The van der Waals surface area contributed by atoms with Crippen LogP contribution in [-0.4, -0.2) is 74.6 Å². The summed E-state index contributed by atoms with van der Waals surface area (Å²) in [6, 6.07) is 3.35. The van der Waals surface area contributed by atoms with Crippen LogP contribution >= 0.6 is 0 Å². The van der Waals surface area contributed by atoms with Crippen LogP contribution in [0.1, 0.15) is 17.0 Å². The quantitative estimate of drug-likeness (QED) is 0.728. The van der Waals surface area contributed by atoms with Gasteiger partial charge in [-0.25, -0.2) is 0 Å². The molecule has 22 heavy (non-hydrogen) atoms. The van der Waals surface area contributed by atoms with Crippen LogP contribution in [0.15, 0.2) is 22.8 Å². The molecule has 1 fully saturated rings. The lowest BCUT2D eigenvalue weighted by molar-refractivity contribution is -0.131. The first-order valence-corrected chi connectivity index (χ1v) is 7.52. The number of hydrogen-bond donors (Lipinski definition) is 1. The summed E-state index contributed by atoms with van der Waals surface area (Å²) >= 11 is 0. The topological polar surface area (TPSA) is 75.0 Å². The number of hydrogen-bond acceptors (Lipinski definition) is 5. The van der Waals surface area contributed by atoms with E-state index in [4.69, 9.17) is 9.15 Å². The Morgan fingerprint density at radius 3 is 2.64 bits per heavy atom. The minimum Gasteiger partial charge on any atom is -0.459 e. The second kappa shape index (κ2) is 8.55. The Hall–Kier alpha value is -1.86. The number of carbonyl (C=O) groups excluding carboxylic acids is 2. The molecule has 2 amide bonds. The van der Waals surface area contributed by atoms with Crippen molar-refractivity contribution in [3.63, 3.8) is 0 Å². The second-order valence-corrected chi connectivity index (χ2v) is 5.17. The van der Waals surface area contributed by atoms with Crippen LogP contribution in [-0.2, 0) is 9.53 Å². The summed E-state index contributed by atoms with van der Waals surface area (Å²) in [5, 5.41) is 3.11. The Bertz CT molecular complexity index is 467. The highest BCUT2D eigenvalue weighted by molar-refractivity contribution is 5.91. The summed E-state index contributed by atoms with van der Waals surface area (Å²) in [6.07, 6.45) is 2.37. The average Bonchev–Trinajstić information content (AvgIpc) is 3.08. The van der Waals surface area contributed by atoms with E-state index in [-0.39, 0.29) is 11.8 Å². The maximum Gasteiger partial charge on any atom is 0.289 e. The lowest BCUT2D eigenvalue weighted by Gasteiger charge is -2.34. The number of nitrogens with zero attached hydrogens (tertiary/aromatic N) is 2. The average molecular weight is 309 g/mol. The van der Waals surface area contributed by atoms with Crippen molar-refractivity contribution in [3.8, 4) is 0 Å². The highest BCUT2D eigenvalue weighted by Gasteiger charge is 2.25. The van der Waals surface area contributed by atoms with Gasteiger partial charge in [-0.15, -0.1) is 0 Å². The van der Waals surface area contributed by atoms with E-state index in [1.807, 2.05) is 0 Å². The Labute approximate surface area is 130 Å². The Balaban J connectivity index is 1.68. The zero-order valence-corrected chi connectivity index (χ0v) is 12.9. The summed E-state index contributed by atoms with van der Waals surface area (Å²) in [7, 11) is 1.66. The number of nitrogens with one attached hydrogen (secondary N) is 1. The molecule has 7 nitrogen and oxygen atoms in total. The standard InChI is InChI=1S/C15H23N3O4/c1-21-10-3-5-16-12-14(19)17-6-8-18(9-7-17)15(20)13-4-2-11-22-13/h2,4,11,16H,3,5-10,12H2,1H3. The van der Waals surface area contributed by atoms with Gasteiger partial charge in [-0.1, -0.05) is 0 Å². The van der Waals surface area contributed by atoms with Crippen molar-refractivity contribution in [2.24, 2.45) is 0 Å². The van der Waals surface area contributed by atoms with Gasteiger partial charge in [-0.2, -0.15) is 0 Å². The molecule has 7 heteroatoms. The molecular weight excluding hydrogens is 286 g/mol. The fourth-order valence-corrected chi connectivity index (χ4v) is 2.36. The van der Waals surface area contributed by atoms with E-state index in [1.165, 1.54) is 6.26 Å². The predicted molar refractivity (Wildman–Crippen MR) is 80.6 cm³/mol. The first kappa shape index (κ1) is 16.5. The van der Waals surface area contributed by atoms with E-state index < -0.39 is 0 Å². The molecule has 0 radical (unpaired) electrons. The van der Waals surface area contributed by atoms with Crippen molar-refractivity contribution >= 4 is 11.8 Å². The largest absolute Gasteiger partial charge is 0.459 e. The van der Waals surface area contributed by atoms with Crippen molar-refractivity contribution < 1.29 is 18.7 Å². The van der Waals surface area contributed by atoms with E-state index in [0.717, 1.165) is 13.0 Å². The molecule has 2 heterocycles. The Morgan fingerprint density at radius 2 is 2.00 bits per heavy atom. The summed E-state index contributed by atoms with van der Waals surface area (Å²) in [4.78, 5) is 27.7. The maximum atomic E-state index is 12.1. The van der Waals surface area contributed by atoms with Gasteiger partial charge < -0.3 is 24.3 Å². The van der Waals surface area contributed by atoms with Gasteiger partial charge in [0.2, 0.25) is 5.91 Å². The van der Waals surface area contributed by atoms with Gasteiger partial charge in [-0.3, -0.25) is 9.59 Å². The molecule has 1 aliphatic heterocycles. The lowest BCUT2D eigenvalue weighted by atomic mass is 10.2. The number of furan rings is 1. The minimum absolute atomic E-state index is 0.0718. The van der Waals surface area contributed by atoms with Crippen LogP contribution in [0.5, 0.6) is 0 Å². The summed E-state index contributed by atoms with van der Waals surface area (Å²) < 4.78 is 10.1. The molecule has 0 unspecified atom stereocenters. The molecule has 1 aliphatic rings. The van der Waals surface area contributed by atoms with Crippen molar-refractivity contribution in [1.82, 2.24) is 15.1 Å². The van der Waals surface area contributed by atoms with Crippen molar-refractivity contribution in [2.75, 3.05) is 53.0 Å². The highest BCUT2D eigenvalue weighted by atomic mass is 16.5. The van der Waals surface area contributed by atoms with E-state index in [1.54, 1.807) is 29.0 Å². The monoisotopic (exact) mass is 309 g/mol. The zero-order chi connectivity index (χ0) is 15.8. The first-order valence-electron chi connectivity index (χ1n) is 7.52. The van der Waals surface area contributed by atoms with Crippen LogP contribution in [0, 0.1) is 0 Å². The second-order valence-electron chi connectivity index (χ2n) is 5.17. The van der Waals surface area contributed by atoms with E-state index in [0.29, 0.717) is 45.1 Å². The molecule has 0 bridgehead atoms. The molecular formula is C15H23N3O4. The predicted octanol–water partition coefficient (Wildman–Crippen LogP) is 0.190. The molecule has 0 spiro atoms. The number of piperazine rings is 1. The van der Waals surface area contributed by atoms with E-state index in [2.05, 4.69) is 5.32 Å². The first-order chi connectivity index (χ1) is 10.7. The van der Waals surface area contributed by atoms with Crippen LogP contribution in [0.3, 0.4) is 0 Å². The zero-order valence-electron chi connectivity index (χ0n) is 12.9. The number of rotatable bonds is 7. The summed E-state index contributed by atoms with van der Waals surface area (Å²) in [6.45, 7) is 3.97. The number of amides is 2. The molecule has 1 saturated heterocycles. The minimum atomic E-state index is -0.116. The van der Waals surface area contributed by atoms with E-state index >= 15 is 0 Å². The van der Waals surface area contributed by atoms with Crippen molar-refractivity contribution in [3.05, 3.63) is 24.2 Å². The highest BCUT2D eigenvalue weighted by Crippen LogP contribution is 2.09. The number of ether oxygens (including phenoxy) is 1. The van der Waals surface area contributed by atoms with Gasteiger partial charge in [0.05, 0.1) is 12.8 Å². The van der Waals surface area contributed by atoms with Gasteiger partial charge in [0.25, 0.3) is 5.91 Å². The normalized spacial score (nSPS) is 15.1. The van der Waals surface area contributed by atoms with Crippen molar-refractivity contribution in [2.45, 2.75) is 6.42 Å². The van der Waals surface area contributed by atoms with Gasteiger partial charge in [0.1, 0.15) is 0 Å². The smallest absolute Gasteiger partial charge is 0.289 e. The molecule has 1 aromatic rings. The molecule has 1 aromatic heterocycles. The molecule has 1 N–H and O–H groups in total. The molecule has 2 rings (SSSR count). The Morgan fingerprint density at radius 1 is 1.27 bits per heavy atom. The van der Waals surface area contributed by atoms with Gasteiger partial charge in [0.15, 0.2) is 5.76 Å². The van der Waals surface area contributed by atoms with Crippen LogP contribution < -0.4 is 5.32 Å². The van der Waals surface area contributed by atoms with Gasteiger partial charge in [0, 0.05) is 39.9 Å². The van der Waals surface area contributed by atoms with Crippen molar-refractivity contribution in [1.29, 1.82) is 0 Å². The Kier molecular flexibility index (Phi) is 6.42.